The van der Waals surface area contributed by atoms with Crippen LogP contribution < -0.4 is 5.32 Å². The Labute approximate surface area is 124 Å². The average Bonchev–Trinajstić information content (AvgIpc) is 2.70. The van der Waals surface area contributed by atoms with Crippen LogP contribution in [0.3, 0.4) is 0 Å². The molecule has 2 aromatic rings. The molecule has 0 aliphatic rings. The molecule has 0 aliphatic heterocycles. The molecule has 0 saturated heterocycles. The Kier molecular flexibility index (Phi) is 3.97. The molecular weight excluding hydrogens is 390 g/mol. The monoisotopic (exact) mass is 397 g/mol. The molecule has 2 rings (SSSR count). The van der Waals surface area contributed by atoms with Crippen molar-refractivity contribution in [3.63, 3.8) is 0 Å². The largest absolute Gasteiger partial charge is 0.417 e. The van der Waals surface area contributed by atoms with Gasteiger partial charge in [0.2, 0.25) is 5.88 Å². The number of nitrogens with zero attached hydrogens (tertiary/aromatic N) is 2. The van der Waals surface area contributed by atoms with Crippen LogP contribution in [0.2, 0.25) is 0 Å². The number of carbonyl (C=O) groups excluding carboxylic acids is 1. The first-order valence-electron chi connectivity index (χ1n) is 5.25. The summed E-state index contributed by atoms with van der Waals surface area (Å²) < 4.78 is 43.7. The quantitative estimate of drug-likeness (QED) is 0.791. The lowest BCUT2D eigenvalue weighted by atomic mass is 10.1. The molecule has 1 amide bonds. The molecule has 0 atom stereocenters. The molecule has 0 bridgehead atoms. The summed E-state index contributed by atoms with van der Waals surface area (Å²) in [6, 6.07) is 0.742. The Morgan fingerprint density at radius 1 is 1.45 bits per heavy atom. The second-order valence-corrected chi connectivity index (χ2v) is 4.86. The zero-order valence-corrected chi connectivity index (χ0v) is 12.1. The van der Waals surface area contributed by atoms with Crippen molar-refractivity contribution in [3.05, 3.63) is 38.9 Å². The number of anilines is 1. The van der Waals surface area contributed by atoms with Gasteiger partial charge in [0.05, 0.1) is 16.8 Å². The van der Waals surface area contributed by atoms with Gasteiger partial charge in [0.25, 0.3) is 5.91 Å². The summed E-state index contributed by atoms with van der Waals surface area (Å²) >= 11 is 1.87. The SMILES string of the molecule is Cc1noc(NC(=O)c2cnccc2C(F)(F)F)c1I. The highest BCUT2D eigenvalue weighted by molar-refractivity contribution is 14.1. The van der Waals surface area contributed by atoms with E-state index in [9.17, 15) is 18.0 Å². The lowest BCUT2D eigenvalue weighted by molar-refractivity contribution is -0.138. The van der Waals surface area contributed by atoms with Crippen molar-refractivity contribution >= 4 is 34.4 Å². The number of carbonyl (C=O) groups is 1. The van der Waals surface area contributed by atoms with Gasteiger partial charge in [-0.15, -0.1) is 0 Å². The van der Waals surface area contributed by atoms with Crippen molar-refractivity contribution in [2.24, 2.45) is 0 Å². The summed E-state index contributed by atoms with van der Waals surface area (Å²) in [4.78, 5) is 15.4. The van der Waals surface area contributed by atoms with Crippen molar-refractivity contribution in [1.29, 1.82) is 0 Å². The summed E-state index contributed by atoms with van der Waals surface area (Å²) in [5.41, 5.74) is -1.11. The van der Waals surface area contributed by atoms with Crippen LogP contribution in [0.1, 0.15) is 21.6 Å². The van der Waals surface area contributed by atoms with E-state index < -0.39 is 23.2 Å². The van der Waals surface area contributed by atoms with Crippen LogP contribution in [-0.2, 0) is 6.18 Å². The van der Waals surface area contributed by atoms with E-state index >= 15 is 0 Å². The fourth-order valence-electron chi connectivity index (χ4n) is 1.43. The molecule has 0 aliphatic carbocycles. The van der Waals surface area contributed by atoms with E-state index in [2.05, 4.69) is 15.5 Å². The van der Waals surface area contributed by atoms with E-state index in [1.54, 1.807) is 6.92 Å². The number of aromatic nitrogens is 2. The molecule has 0 aromatic carbocycles. The Balaban J connectivity index is 2.33. The molecule has 1 N–H and O–H groups in total. The van der Waals surface area contributed by atoms with Gasteiger partial charge in [-0.3, -0.25) is 15.1 Å². The maximum atomic E-state index is 12.8. The van der Waals surface area contributed by atoms with E-state index in [-0.39, 0.29) is 5.88 Å². The minimum absolute atomic E-state index is 0.00470. The van der Waals surface area contributed by atoms with Gasteiger partial charge in [-0.1, -0.05) is 5.16 Å². The van der Waals surface area contributed by atoms with E-state index in [0.29, 0.717) is 9.26 Å². The van der Waals surface area contributed by atoms with Crippen molar-refractivity contribution < 1.29 is 22.5 Å². The molecule has 20 heavy (non-hydrogen) atoms. The van der Waals surface area contributed by atoms with Gasteiger partial charge in [-0.05, 0) is 35.6 Å². The van der Waals surface area contributed by atoms with Gasteiger partial charge in [0, 0.05) is 12.4 Å². The zero-order valence-electron chi connectivity index (χ0n) is 9.95. The van der Waals surface area contributed by atoms with Crippen LogP contribution in [0, 0.1) is 10.5 Å². The van der Waals surface area contributed by atoms with Crippen molar-refractivity contribution in [3.8, 4) is 0 Å². The first kappa shape index (κ1) is 14.8. The van der Waals surface area contributed by atoms with Crippen LogP contribution in [0.25, 0.3) is 0 Å². The Morgan fingerprint density at radius 2 is 2.15 bits per heavy atom. The van der Waals surface area contributed by atoms with Gasteiger partial charge in [0.15, 0.2) is 0 Å². The number of halogens is 4. The van der Waals surface area contributed by atoms with Crippen LogP contribution in [-0.4, -0.2) is 16.0 Å². The number of hydrogen-bond donors (Lipinski definition) is 1. The Bertz CT molecular complexity index is 655. The fourth-order valence-corrected chi connectivity index (χ4v) is 1.76. The van der Waals surface area contributed by atoms with Gasteiger partial charge in [-0.2, -0.15) is 13.2 Å². The van der Waals surface area contributed by atoms with E-state index in [1.807, 2.05) is 22.6 Å². The Morgan fingerprint density at radius 3 is 2.70 bits per heavy atom. The number of nitrogens with one attached hydrogen (secondary N) is 1. The lowest BCUT2D eigenvalue weighted by Gasteiger charge is -2.11. The number of amides is 1. The van der Waals surface area contributed by atoms with Crippen LogP contribution in [0.15, 0.2) is 23.0 Å². The standard InChI is InChI=1S/C11H7F3IN3O2/c1-5-8(15)10(20-18-5)17-9(19)6-4-16-3-2-7(6)11(12,13)14/h2-4H,1H3,(H,17,19). The number of hydrogen-bond acceptors (Lipinski definition) is 4. The van der Waals surface area contributed by atoms with Crippen LogP contribution >= 0.6 is 22.6 Å². The molecule has 0 fully saturated rings. The summed E-state index contributed by atoms with van der Waals surface area (Å²) in [6.45, 7) is 1.64. The molecular formula is C11H7F3IN3O2. The van der Waals surface area contributed by atoms with E-state index in [0.717, 1.165) is 18.5 Å². The third kappa shape index (κ3) is 2.92. The molecule has 0 unspecified atom stereocenters. The van der Waals surface area contributed by atoms with Gasteiger partial charge in [0.1, 0.15) is 3.57 Å². The minimum atomic E-state index is -4.64. The molecule has 0 radical (unpaired) electrons. The van der Waals surface area contributed by atoms with E-state index in [4.69, 9.17) is 4.52 Å². The molecule has 0 spiro atoms. The number of alkyl halides is 3. The molecule has 2 aromatic heterocycles. The highest BCUT2D eigenvalue weighted by Crippen LogP contribution is 2.32. The van der Waals surface area contributed by atoms with Crippen molar-refractivity contribution in [2.75, 3.05) is 5.32 Å². The smallest absolute Gasteiger partial charge is 0.337 e. The minimum Gasteiger partial charge on any atom is -0.337 e. The molecule has 9 heteroatoms. The first-order chi connectivity index (χ1) is 9.30. The van der Waals surface area contributed by atoms with Gasteiger partial charge < -0.3 is 4.52 Å². The van der Waals surface area contributed by atoms with Crippen LogP contribution in [0.4, 0.5) is 19.1 Å². The molecule has 106 valence electrons. The maximum Gasteiger partial charge on any atom is 0.417 e. The van der Waals surface area contributed by atoms with E-state index in [1.165, 1.54) is 0 Å². The van der Waals surface area contributed by atoms with Gasteiger partial charge in [-0.25, -0.2) is 0 Å². The third-order valence-electron chi connectivity index (χ3n) is 2.39. The summed E-state index contributed by atoms with van der Waals surface area (Å²) in [6.07, 6.45) is -2.81. The maximum absolute atomic E-state index is 12.8. The topological polar surface area (TPSA) is 68.0 Å². The van der Waals surface area contributed by atoms with Crippen molar-refractivity contribution in [1.82, 2.24) is 10.1 Å². The second kappa shape index (κ2) is 5.38. The number of aryl methyl sites for hydroxylation is 1. The summed E-state index contributed by atoms with van der Waals surface area (Å²) in [7, 11) is 0. The predicted octanol–water partition coefficient (Wildman–Crippen LogP) is 3.25. The highest BCUT2D eigenvalue weighted by Gasteiger charge is 2.35. The summed E-state index contributed by atoms with van der Waals surface area (Å²) in [5, 5.41) is 5.84. The Hall–Kier alpha value is -1.65. The average molecular weight is 397 g/mol. The number of pyridine rings is 1. The van der Waals surface area contributed by atoms with Gasteiger partial charge >= 0.3 is 6.18 Å². The molecule has 2 heterocycles. The lowest BCUT2D eigenvalue weighted by Crippen LogP contribution is -2.19. The highest BCUT2D eigenvalue weighted by atomic mass is 127. The predicted molar refractivity (Wildman–Crippen MR) is 71.1 cm³/mol. The second-order valence-electron chi connectivity index (χ2n) is 3.78. The third-order valence-corrected chi connectivity index (χ3v) is 3.66. The molecule has 5 nitrogen and oxygen atoms in total. The normalized spacial score (nSPS) is 11.4. The van der Waals surface area contributed by atoms with Crippen molar-refractivity contribution in [2.45, 2.75) is 13.1 Å². The zero-order chi connectivity index (χ0) is 14.9. The first-order valence-corrected chi connectivity index (χ1v) is 6.33. The summed E-state index contributed by atoms with van der Waals surface area (Å²) in [5.74, 6) is -0.954. The van der Waals surface area contributed by atoms with Crippen LogP contribution in [0.5, 0.6) is 0 Å². The molecule has 0 saturated carbocycles. The number of rotatable bonds is 2. The fraction of sp³-hybridized carbons (Fsp3) is 0.182.